The van der Waals surface area contributed by atoms with Crippen LogP contribution in [-0.2, 0) is 14.8 Å². The average molecular weight is 467 g/mol. The molecule has 0 atom stereocenters. The van der Waals surface area contributed by atoms with Crippen molar-refractivity contribution in [1.82, 2.24) is 4.98 Å². The van der Waals surface area contributed by atoms with E-state index in [2.05, 4.69) is 15.6 Å². The first-order chi connectivity index (χ1) is 14.5. The Bertz CT molecular complexity index is 1290. The fourth-order valence-corrected chi connectivity index (χ4v) is 3.93. The highest BCUT2D eigenvalue weighted by molar-refractivity contribution is 7.89. The first-order valence-electron chi connectivity index (χ1n) is 8.44. The lowest BCUT2D eigenvalue weighted by Crippen LogP contribution is -2.13. The van der Waals surface area contributed by atoms with Crippen LogP contribution >= 0.6 is 11.3 Å². The molecule has 0 radical (unpaired) electrons. The van der Waals surface area contributed by atoms with Crippen LogP contribution in [0.5, 0.6) is 0 Å². The zero-order valence-corrected chi connectivity index (χ0v) is 17.4. The summed E-state index contributed by atoms with van der Waals surface area (Å²) in [7, 11) is -3.86. The van der Waals surface area contributed by atoms with E-state index in [4.69, 9.17) is 10.9 Å². The molecule has 0 aliphatic rings. The van der Waals surface area contributed by atoms with Gasteiger partial charge in [-0.15, -0.1) is 0 Å². The molecule has 3 rings (SSSR count). The molecule has 0 saturated carbocycles. The summed E-state index contributed by atoms with van der Waals surface area (Å²) in [5.41, 5.74) is 4.93. The molecule has 6 N–H and O–H groups in total. The van der Waals surface area contributed by atoms with Crippen molar-refractivity contribution in [2.75, 3.05) is 16.4 Å². The Balaban J connectivity index is 1.91. The third kappa shape index (κ3) is 4.84. The molecular weight excluding hydrogens is 452 g/mol. The van der Waals surface area contributed by atoms with Crippen molar-refractivity contribution in [3.63, 3.8) is 0 Å². The summed E-state index contributed by atoms with van der Waals surface area (Å²) in [5.74, 6) is -4.27. The highest BCUT2D eigenvalue weighted by atomic mass is 32.2. The summed E-state index contributed by atoms with van der Waals surface area (Å²) in [6.07, 6.45) is 0. The SMILES string of the molecule is CC(=O)Nc1ccc(F)c(C(=O)c2sc(Nc3ccc(S(N)(=O)=O)cc3)nc2N)c1F. The number of nitrogen functional groups attached to an aromatic ring is 1. The number of anilines is 4. The maximum atomic E-state index is 14.6. The van der Waals surface area contributed by atoms with Gasteiger partial charge >= 0.3 is 0 Å². The number of rotatable bonds is 6. The molecule has 0 aliphatic heterocycles. The molecular formula is C18H15F2N5O4S2. The number of sulfonamides is 1. The molecule has 0 aliphatic carbocycles. The molecule has 1 heterocycles. The predicted molar refractivity (Wildman–Crippen MR) is 112 cm³/mol. The predicted octanol–water partition coefficient (Wildman–Crippen LogP) is 2.58. The van der Waals surface area contributed by atoms with Crippen molar-refractivity contribution in [2.45, 2.75) is 11.8 Å². The van der Waals surface area contributed by atoms with Gasteiger partial charge < -0.3 is 16.4 Å². The standard InChI is InChI=1S/C18H15F2N5O4S2/c1-8(26)23-12-7-6-11(19)13(14(12)20)15(27)16-17(21)25-18(30-16)24-9-2-4-10(5-3-9)31(22,28)29/h2-7H,21H2,1H3,(H,23,26)(H,24,25)(H2,22,28,29). The minimum absolute atomic E-state index is 0.0995. The third-order valence-corrected chi connectivity index (χ3v) is 5.84. The van der Waals surface area contributed by atoms with Crippen LogP contribution in [0.25, 0.3) is 0 Å². The van der Waals surface area contributed by atoms with E-state index in [1.807, 2.05) is 0 Å². The topological polar surface area (TPSA) is 157 Å². The second kappa shape index (κ2) is 8.37. The monoisotopic (exact) mass is 467 g/mol. The number of carbonyl (C=O) groups excluding carboxylic acids is 2. The van der Waals surface area contributed by atoms with Crippen LogP contribution < -0.4 is 21.5 Å². The molecule has 1 amide bonds. The fraction of sp³-hybridized carbons (Fsp3) is 0.0556. The number of nitrogens with zero attached hydrogens (tertiary/aromatic N) is 1. The molecule has 2 aromatic carbocycles. The van der Waals surface area contributed by atoms with Crippen molar-refractivity contribution < 1.29 is 26.8 Å². The van der Waals surface area contributed by atoms with E-state index in [1.54, 1.807) is 0 Å². The first-order valence-corrected chi connectivity index (χ1v) is 10.8. The number of hydrogen-bond acceptors (Lipinski definition) is 8. The summed E-state index contributed by atoms with van der Waals surface area (Å²) >= 11 is 0.744. The van der Waals surface area contributed by atoms with E-state index in [9.17, 15) is 26.8 Å². The third-order valence-electron chi connectivity index (χ3n) is 3.92. The van der Waals surface area contributed by atoms with Crippen molar-refractivity contribution >= 4 is 55.4 Å². The number of halogens is 2. The highest BCUT2D eigenvalue weighted by Gasteiger charge is 2.26. The van der Waals surface area contributed by atoms with Gasteiger partial charge in [0.05, 0.1) is 16.1 Å². The maximum absolute atomic E-state index is 14.6. The number of thiazole rings is 1. The van der Waals surface area contributed by atoms with Gasteiger partial charge in [-0.25, -0.2) is 27.3 Å². The minimum Gasteiger partial charge on any atom is -0.382 e. The Kier molecular flexibility index (Phi) is 6.01. The van der Waals surface area contributed by atoms with Crippen molar-refractivity contribution in [1.29, 1.82) is 0 Å². The summed E-state index contributed by atoms with van der Waals surface area (Å²) in [6, 6.07) is 7.20. The largest absolute Gasteiger partial charge is 0.382 e. The summed E-state index contributed by atoms with van der Waals surface area (Å²) in [6.45, 7) is 1.14. The van der Waals surface area contributed by atoms with E-state index in [-0.39, 0.29) is 26.4 Å². The molecule has 31 heavy (non-hydrogen) atoms. The van der Waals surface area contributed by atoms with Crippen molar-refractivity contribution in [3.05, 3.63) is 58.5 Å². The summed E-state index contributed by atoms with van der Waals surface area (Å²) in [4.78, 5) is 27.6. The number of primary sulfonamides is 1. The Morgan fingerprint density at radius 3 is 2.32 bits per heavy atom. The van der Waals surface area contributed by atoms with Gasteiger partial charge in [-0.2, -0.15) is 0 Å². The Morgan fingerprint density at radius 1 is 1.10 bits per heavy atom. The van der Waals surface area contributed by atoms with Crippen LogP contribution in [0, 0.1) is 11.6 Å². The van der Waals surface area contributed by atoms with E-state index >= 15 is 0 Å². The molecule has 0 saturated heterocycles. The van der Waals surface area contributed by atoms with Crippen LogP contribution in [0.4, 0.5) is 31.1 Å². The lowest BCUT2D eigenvalue weighted by atomic mass is 10.1. The van der Waals surface area contributed by atoms with Crippen molar-refractivity contribution in [3.8, 4) is 0 Å². The van der Waals surface area contributed by atoms with Gasteiger partial charge in [0.15, 0.2) is 10.9 Å². The second-order valence-corrected chi connectivity index (χ2v) is 8.78. The molecule has 162 valence electrons. The summed E-state index contributed by atoms with van der Waals surface area (Å²) < 4.78 is 51.5. The highest BCUT2D eigenvalue weighted by Crippen LogP contribution is 2.32. The molecule has 9 nitrogen and oxygen atoms in total. The smallest absolute Gasteiger partial charge is 0.238 e. The maximum Gasteiger partial charge on any atom is 0.238 e. The molecule has 0 spiro atoms. The van der Waals surface area contributed by atoms with E-state index < -0.39 is 38.9 Å². The zero-order valence-electron chi connectivity index (χ0n) is 15.8. The van der Waals surface area contributed by atoms with Crippen LogP contribution in [0.15, 0.2) is 41.3 Å². The second-order valence-electron chi connectivity index (χ2n) is 6.22. The number of benzene rings is 2. The van der Waals surface area contributed by atoms with E-state index in [0.717, 1.165) is 30.4 Å². The van der Waals surface area contributed by atoms with Crippen LogP contribution in [-0.4, -0.2) is 25.1 Å². The average Bonchev–Trinajstić information content (AvgIpc) is 3.03. The number of nitrogens with one attached hydrogen (secondary N) is 2. The van der Waals surface area contributed by atoms with Gasteiger partial charge in [0.2, 0.25) is 21.7 Å². The number of hydrogen-bond donors (Lipinski definition) is 4. The number of nitrogens with two attached hydrogens (primary N) is 2. The molecule has 13 heteroatoms. The normalized spacial score (nSPS) is 11.2. The fourth-order valence-electron chi connectivity index (χ4n) is 2.56. The van der Waals surface area contributed by atoms with Gasteiger partial charge in [0.1, 0.15) is 16.5 Å². The Morgan fingerprint density at radius 2 is 1.74 bits per heavy atom. The van der Waals surface area contributed by atoms with Crippen LogP contribution in [0.3, 0.4) is 0 Å². The number of ketones is 1. The molecule has 0 bridgehead atoms. The quantitative estimate of drug-likeness (QED) is 0.406. The lowest BCUT2D eigenvalue weighted by molar-refractivity contribution is -0.114. The molecule has 1 aromatic heterocycles. The molecule has 3 aromatic rings. The number of aromatic nitrogens is 1. The van der Waals surface area contributed by atoms with Gasteiger partial charge in [0.25, 0.3) is 0 Å². The Hall–Kier alpha value is -3.42. The van der Waals surface area contributed by atoms with Gasteiger partial charge in [-0.05, 0) is 36.4 Å². The zero-order chi connectivity index (χ0) is 22.9. The van der Waals surface area contributed by atoms with Gasteiger partial charge in [0, 0.05) is 12.6 Å². The van der Waals surface area contributed by atoms with Gasteiger partial charge in [-0.3, -0.25) is 9.59 Å². The molecule has 0 unspecified atom stereocenters. The lowest BCUT2D eigenvalue weighted by Gasteiger charge is -2.08. The van der Waals surface area contributed by atoms with E-state index in [1.165, 1.54) is 24.3 Å². The summed E-state index contributed by atoms with van der Waals surface area (Å²) in [5, 5.41) is 10.1. The molecule has 0 fully saturated rings. The first kappa shape index (κ1) is 22.3. The van der Waals surface area contributed by atoms with Gasteiger partial charge in [-0.1, -0.05) is 11.3 Å². The number of amides is 1. The van der Waals surface area contributed by atoms with Crippen molar-refractivity contribution in [2.24, 2.45) is 5.14 Å². The van der Waals surface area contributed by atoms with Crippen LogP contribution in [0.2, 0.25) is 0 Å². The Labute approximate surface area is 179 Å². The van der Waals surface area contributed by atoms with Crippen LogP contribution in [0.1, 0.15) is 22.2 Å². The minimum atomic E-state index is -3.86. The number of carbonyl (C=O) groups is 2. The van der Waals surface area contributed by atoms with E-state index in [0.29, 0.717) is 5.69 Å².